The van der Waals surface area contributed by atoms with Crippen molar-refractivity contribution in [3.8, 4) is 0 Å². The van der Waals surface area contributed by atoms with E-state index in [4.69, 9.17) is 0 Å². The molecule has 0 aliphatic heterocycles. The Hall–Kier alpha value is -1.34. The van der Waals surface area contributed by atoms with Crippen molar-refractivity contribution >= 4 is 29.2 Å². The number of rotatable bonds is 7. The van der Waals surface area contributed by atoms with Gasteiger partial charge in [-0.15, -0.1) is 13.2 Å². The molecule has 0 saturated heterocycles. The Labute approximate surface area is 108 Å². The Balaban J connectivity index is 3.07. The Morgan fingerprint density at radius 3 is 2.06 bits per heavy atom. The molecule has 0 unspecified atom stereocenters. The molecule has 0 aromatic carbocycles. The molecule has 7 heteroatoms. The van der Waals surface area contributed by atoms with Crippen molar-refractivity contribution < 1.29 is 4.92 Å². The van der Waals surface area contributed by atoms with E-state index >= 15 is 0 Å². The summed E-state index contributed by atoms with van der Waals surface area (Å²) in [5.74, 6) is 1.15. The minimum absolute atomic E-state index is 0.0359. The van der Waals surface area contributed by atoms with Crippen LogP contribution in [0.3, 0.4) is 0 Å². The van der Waals surface area contributed by atoms with Gasteiger partial charge in [-0.25, -0.2) is 9.97 Å². The third-order valence-electron chi connectivity index (χ3n) is 1.61. The van der Waals surface area contributed by atoms with Gasteiger partial charge < -0.3 is 0 Å². The highest BCUT2D eigenvalue weighted by molar-refractivity contribution is 8.00. The second kappa shape index (κ2) is 7.08. The van der Waals surface area contributed by atoms with Crippen LogP contribution in [0.4, 0.5) is 5.69 Å². The maximum absolute atomic E-state index is 11.0. The van der Waals surface area contributed by atoms with Crippen LogP contribution in [0.5, 0.6) is 0 Å². The summed E-state index contributed by atoms with van der Waals surface area (Å²) < 4.78 is 0. The molecule has 0 radical (unpaired) electrons. The fraction of sp³-hybridized carbons (Fsp3) is 0.200. The summed E-state index contributed by atoms with van der Waals surface area (Å²) in [6, 6.07) is 0. The lowest BCUT2D eigenvalue weighted by atomic mass is 10.5. The third-order valence-corrected chi connectivity index (χ3v) is 3.56. The summed E-state index contributed by atoms with van der Waals surface area (Å²) in [7, 11) is 0. The Morgan fingerprint density at radius 1 is 1.24 bits per heavy atom. The van der Waals surface area contributed by atoms with Crippen molar-refractivity contribution in [3.05, 3.63) is 41.8 Å². The van der Waals surface area contributed by atoms with Gasteiger partial charge in [-0.05, 0) is 0 Å². The van der Waals surface area contributed by atoms with E-state index in [0.29, 0.717) is 21.6 Å². The number of hydrogen-bond donors (Lipinski definition) is 0. The van der Waals surface area contributed by atoms with Gasteiger partial charge in [-0.2, -0.15) is 0 Å². The largest absolute Gasteiger partial charge is 0.333 e. The molecule has 1 aromatic heterocycles. The van der Waals surface area contributed by atoms with E-state index < -0.39 is 4.92 Å². The van der Waals surface area contributed by atoms with Crippen LogP contribution in [-0.2, 0) is 0 Å². The lowest BCUT2D eigenvalue weighted by molar-refractivity contribution is -0.391. The molecular formula is C10H11N3O2S2. The number of aromatic nitrogens is 2. The van der Waals surface area contributed by atoms with Gasteiger partial charge in [-0.1, -0.05) is 35.7 Å². The standard InChI is InChI=1S/C10H11N3O2S2/c1-3-5-16-9-8(13(14)15)10(12-7-11-9)17-6-4-2/h3-4,7H,1-2,5-6H2. The summed E-state index contributed by atoms with van der Waals surface area (Å²) in [4.78, 5) is 18.4. The summed E-state index contributed by atoms with van der Waals surface area (Å²) in [5, 5.41) is 11.8. The zero-order chi connectivity index (χ0) is 12.7. The molecule has 0 spiro atoms. The van der Waals surface area contributed by atoms with Crippen LogP contribution in [0.2, 0.25) is 0 Å². The molecule has 0 saturated carbocycles. The maximum atomic E-state index is 11.0. The summed E-state index contributed by atoms with van der Waals surface area (Å²) in [6.07, 6.45) is 4.68. The van der Waals surface area contributed by atoms with Crippen molar-refractivity contribution in [3.63, 3.8) is 0 Å². The van der Waals surface area contributed by atoms with E-state index in [2.05, 4.69) is 23.1 Å². The molecule has 0 aliphatic rings. The van der Waals surface area contributed by atoms with Crippen molar-refractivity contribution in [2.75, 3.05) is 11.5 Å². The highest BCUT2D eigenvalue weighted by Crippen LogP contribution is 2.34. The normalized spacial score (nSPS) is 9.88. The molecule has 0 N–H and O–H groups in total. The molecule has 17 heavy (non-hydrogen) atoms. The Kier molecular flexibility index (Phi) is 5.71. The van der Waals surface area contributed by atoms with Gasteiger partial charge in [0.2, 0.25) is 0 Å². The first-order chi connectivity index (χ1) is 8.20. The Morgan fingerprint density at radius 2 is 1.71 bits per heavy atom. The second-order valence-electron chi connectivity index (χ2n) is 2.79. The zero-order valence-electron chi connectivity index (χ0n) is 9.04. The smallest absolute Gasteiger partial charge is 0.258 e. The van der Waals surface area contributed by atoms with Gasteiger partial charge in [0.1, 0.15) is 6.33 Å². The topological polar surface area (TPSA) is 68.9 Å². The van der Waals surface area contributed by atoms with E-state index in [-0.39, 0.29) is 5.69 Å². The van der Waals surface area contributed by atoms with Crippen LogP contribution in [0.1, 0.15) is 0 Å². The van der Waals surface area contributed by atoms with Crippen LogP contribution < -0.4 is 0 Å². The van der Waals surface area contributed by atoms with Crippen LogP contribution in [0.15, 0.2) is 41.7 Å². The lowest BCUT2D eigenvalue weighted by Crippen LogP contribution is -1.99. The first-order valence-electron chi connectivity index (χ1n) is 4.67. The third kappa shape index (κ3) is 3.86. The summed E-state index contributed by atoms with van der Waals surface area (Å²) in [6.45, 7) is 7.14. The van der Waals surface area contributed by atoms with Gasteiger partial charge in [0.15, 0.2) is 10.1 Å². The molecule has 0 amide bonds. The zero-order valence-corrected chi connectivity index (χ0v) is 10.7. The van der Waals surface area contributed by atoms with Crippen molar-refractivity contribution in [2.45, 2.75) is 10.1 Å². The number of nitro groups is 1. The highest BCUT2D eigenvalue weighted by Gasteiger charge is 2.22. The van der Waals surface area contributed by atoms with E-state index in [1.54, 1.807) is 12.2 Å². The fourth-order valence-corrected chi connectivity index (χ4v) is 2.47. The molecule has 90 valence electrons. The molecule has 1 aromatic rings. The Bertz CT molecular complexity index is 407. The van der Waals surface area contributed by atoms with Crippen LogP contribution in [-0.4, -0.2) is 26.4 Å². The van der Waals surface area contributed by atoms with E-state index in [1.807, 2.05) is 0 Å². The molecule has 1 heterocycles. The first kappa shape index (κ1) is 13.7. The van der Waals surface area contributed by atoms with Crippen molar-refractivity contribution in [2.24, 2.45) is 0 Å². The number of nitrogens with zero attached hydrogens (tertiary/aromatic N) is 3. The summed E-state index contributed by atoms with van der Waals surface area (Å²) >= 11 is 2.55. The van der Waals surface area contributed by atoms with Crippen LogP contribution in [0.25, 0.3) is 0 Å². The molecule has 5 nitrogen and oxygen atoms in total. The van der Waals surface area contributed by atoms with Gasteiger partial charge >= 0.3 is 5.69 Å². The molecule has 1 rings (SSSR count). The molecular weight excluding hydrogens is 258 g/mol. The second-order valence-corrected chi connectivity index (χ2v) is 4.81. The summed E-state index contributed by atoms with van der Waals surface area (Å²) in [5.41, 5.74) is -0.0359. The number of hydrogen-bond acceptors (Lipinski definition) is 6. The SMILES string of the molecule is C=CCSc1ncnc(SCC=C)c1[N+](=O)[O-]. The van der Waals surface area contributed by atoms with Crippen molar-refractivity contribution in [1.29, 1.82) is 0 Å². The van der Waals surface area contributed by atoms with Gasteiger partial charge in [0.25, 0.3) is 0 Å². The maximum Gasteiger partial charge on any atom is 0.333 e. The monoisotopic (exact) mass is 269 g/mol. The van der Waals surface area contributed by atoms with E-state index in [0.717, 1.165) is 0 Å². The predicted octanol–water partition coefficient (Wildman–Crippen LogP) is 2.94. The predicted molar refractivity (Wildman–Crippen MR) is 70.5 cm³/mol. The highest BCUT2D eigenvalue weighted by atomic mass is 32.2. The van der Waals surface area contributed by atoms with Gasteiger partial charge in [-0.3, -0.25) is 10.1 Å². The molecule has 0 atom stereocenters. The van der Waals surface area contributed by atoms with Crippen LogP contribution >= 0.6 is 23.5 Å². The molecule has 0 bridgehead atoms. The van der Waals surface area contributed by atoms with Gasteiger partial charge in [0, 0.05) is 11.5 Å². The number of thioether (sulfide) groups is 2. The molecule has 0 aliphatic carbocycles. The fourth-order valence-electron chi connectivity index (χ4n) is 0.991. The first-order valence-corrected chi connectivity index (χ1v) is 6.64. The van der Waals surface area contributed by atoms with Gasteiger partial charge in [0.05, 0.1) is 4.92 Å². The van der Waals surface area contributed by atoms with Crippen molar-refractivity contribution in [1.82, 2.24) is 9.97 Å². The average molecular weight is 269 g/mol. The minimum atomic E-state index is -0.448. The van der Waals surface area contributed by atoms with E-state index in [9.17, 15) is 10.1 Å². The average Bonchev–Trinajstić information content (AvgIpc) is 2.33. The lowest BCUT2D eigenvalue weighted by Gasteiger charge is -2.03. The van der Waals surface area contributed by atoms with E-state index in [1.165, 1.54) is 29.9 Å². The quantitative estimate of drug-likeness (QED) is 0.249. The van der Waals surface area contributed by atoms with Crippen LogP contribution in [0, 0.1) is 10.1 Å². The molecule has 0 fully saturated rings. The minimum Gasteiger partial charge on any atom is -0.258 e.